The maximum Gasteiger partial charge on any atom is 0.337 e. The third kappa shape index (κ3) is 3.73. The van der Waals surface area contributed by atoms with Gasteiger partial charge in [0, 0.05) is 5.70 Å². The van der Waals surface area contributed by atoms with E-state index in [9.17, 15) is 9.59 Å². The molecule has 2 N–H and O–H groups in total. The monoisotopic (exact) mass is 412 g/mol. The highest BCUT2D eigenvalue weighted by atomic mass is 79.9. The molecule has 25 heavy (non-hydrogen) atoms. The Balaban J connectivity index is 2.66. The Morgan fingerprint density at radius 3 is 2.40 bits per heavy atom. The Kier molecular flexibility index (Phi) is 5.94. The molecule has 0 radical (unpaired) electrons. The standard InChI is InChI=1S/C17H21BrN2O5/c1-8(2)13-12(16(21)25-5)14(20-17(22)19-13)9-6-10(18)15(24-4)11(7-9)23-3/h6-8,14H,1-5H3,(H2,19,20,22). The van der Waals surface area contributed by atoms with Crippen molar-refractivity contribution in [2.75, 3.05) is 21.3 Å². The highest BCUT2D eigenvalue weighted by Gasteiger charge is 2.35. The molecule has 1 unspecified atom stereocenters. The number of esters is 1. The molecule has 0 saturated carbocycles. The van der Waals surface area contributed by atoms with Crippen LogP contribution in [0.2, 0.25) is 0 Å². The summed E-state index contributed by atoms with van der Waals surface area (Å²) in [4.78, 5) is 24.5. The number of urea groups is 1. The van der Waals surface area contributed by atoms with Gasteiger partial charge in [-0.25, -0.2) is 9.59 Å². The molecule has 1 aliphatic heterocycles. The van der Waals surface area contributed by atoms with Crippen LogP contribution in [0, 0.1) is 5.92 Å². The first kappa shape index (κ1) is 19.1. The van der Waals surface area contributed by atoms with Gasteiger partial charge < -0.3 is 24.8 Å². The Labute approximate surface area is 154 Å². The first-order chi connectivity index (χ1) is 11.8. The van der Waals surface area contributed by atoms with E-state index in [1.807, 2.05) is 13.8 Å². The summed E-state index contributed by atoms with van der Waals surface area (Å²) in [5, 5.41) is 5.48. The van der Waals surface area contributed by atoms with Crippen LogP contribution in [0.1, 0.15) is 25.5 Å². The van der Waals surface area contributed by atoms with Crippen molar-refractivity contribution in [2.45, 2.75) is 19.9 Å². The average Bonchev–Trinajstić information content (AvgIpc) is 2.59. The number of allylic oxidation sites excluding steroid dienone is 1. The number of benzene rings is 1. The topological polar surface area (TPSA) is 85.9 Å². The second-order valence-electron chi connectivity index (χ2n) is 5.74. The van der Waals surface area contributed by atoms with Gasteiger partial charge in [0.25, 0.3) is 0 Å². The lowest BCUT2D eigenvalue weighted by Crippen LogP contribution is -2.47. The van der Waals surface area contributed by atoms with Crippen LogP contribution in [0.5, 0.6) is 11.5 Å². The van der Waals surface area contributed by atoms with Crippen LogP contribution in [0.4, 0.5) is 4.79 Å². The lowest BCUT2D eigenvalue weighted by Gasteiger charge is -2.31. The zero-order chi connectivity index (χ0) is 18.7. The number of hydrogen-bond donors (Lipinski definition) is 2. The maximum absolute atomic E-state index is 12.4. The number of carbonyl (C=O) groups excluding carboxylic acids is 2. The summed E-state index contributed by atoms with van der Waals surface area (Å²) in [7, 11) is 4.36. The Hall–Kier alpha value is -2.22. The van der Waals surface area contributed by atoms with E-state index in [0.717, 1.165) is 0 Å². The van der Waals surface area contributed by atoms with Crippen molar-refractivity contribution in [3.05, 3.63) is 33.4 Å². The van der Waals surface area contributed by atoms with Crippen molar-refractivity contribution in [2.24, 2.45) is 5.92 Å². The van der Waals surface area contributed by atoms with Gasteiger partial charge in [0.05, 0.1) is 37.4 Å². The predicted molar refractivity (Wildman–Crippen MR) is 95.5 cm³/mol. The lowest BCUT2D eigenvalue weighted by molar-refractivity contribution is -0.136. The fourth-order valence-corrected chi connectivity index (χ4v) is 3.35. The van der Waals surface area contributed by atoms with Crippen LogP contribution >= 0.6 is 15.9 Å². The minimum atomic E-state index is -0.672. The molecule has 1 aromatic rings. The number of hydrogen-bond acceptors (Lipinski definition) is 5. The molecule has 1 atom stereocenters. The summed E-state index contributed by atoms with van der Waals surface area (Å²) in [6, 6.07) is 2.45. The normalized spacial score (nSPS) is 17.1. The molecule has 1 aromatic carbocycles. The third-order valence-electron chi connectivity index (χ3n) is 3.87. The summed E-state index contributed by atoms with van der Waals surface area (Å²) in [5.74, 6) is 0.438. The minimum absolute atomic E-state index is 0.0637. The van der Waals surface area contributed by atoms with Crippen LogP contribution < -0.4 is 20.1 Å². The second kappa shape index (κ2) is 7.77. The van der Waals surface area contributed by atoms with Crippen molar-refractivity contribution >= 4 is 27.9 Å². The van der Waals surface area contributed by atoms with E-state index < -0.39 is 12.0 Å². The third-order valence-corrected chi connectivity index (χ3v) is 4.46. The molecule has 8 heteroatoms. The molecule has 7 nitrogen and oxygen atoms in total. The van der Waals surface area contributed by atoms with Gasteiger partial charge in [0.1, 0.15) is 0 Å². The maximum atomic E-state index is 12.4. The van der Waals surface area contributed by atoms with Crippen molar-refractivity contribution in [1.82, 2.24) is 10.6 Å². The quantitative estimate of drug-likeness (QED) is 0.726. The molecular formula is C17H21BrN2O5. The van der Waals surface area contributed by atoms with E-state index in [1.54, 1.807) is 12.1 Å². The molecular weight excluding hydrogens is 392 g/mol. The SMILES string of the molecule is COC(=O)C1=C(C(C)C)NC(=O)NC1c1cc(Br)c(OC)c(OC)c1. The number of amides is 2. The Morgan fingerprint density at radius 2 is 1.88 bits per heavy atom. The summed E-state index contributed by atoms with van der Waals surface area (Å²) >= 11 is 3.43. The van der Waals surface area contributed by atoms with E-state index in [2.05, 4.69) is 26.6 Å². The molecule has 2 rings (SSSR count). The van der Waals surface area contributed by atoms with Crippen LogP contribution in [0.15, 0.2) is 27.9 Å². The van der Waals surface area contributed by atoms with Gasteiger partial charge in [-0.3, -0.25) is 0 Å². The summed E-state index contributed by atoms with van der Waals surface area (Å²) in [5.41, 5.74) is 1.56. The molecule has 0 fully saturated rings. The first-order valence-electron chi connectivity index (χ1n) is 7.65. The number of methoxy groups -OCH3 is 3. The van der Waals surface area contributed by atoms with E-state index in [1.165, 1.54) is 21.3 Å². The predicted octanol–water partition coefficient (Wildman–Crippen LogP) is 2.90. The fraction of sp³-hybridized carbons (Fsp3) is 0.412. The molecule has 0 spiro atoms. The van der Waals surface area contributed by atoms with Crippen molar-refractivity contribution in [3.63, 3.8) is 0 Å². The Morgan fingerprint density at radius 1 is 1.20 bits per heavy atom. The molecule has 2 amide bonds. The van der Waals surface area contributed by atoms with Crippen molar-refractivity contribution in [3.8, 4) is 11.5 Å². The van der Waals surface area contributed by atoms with Gasteiger partial charge in [0.15, 0.2) is 11.5 Å². The molecule has 0 saturated heterocycles. The highest BCUT2D eigenvalue weighted by molar-refractivity contribution is 9.10. The zero-order valence-corrected chi connectivity index (χ0v) is 16.3. The van der Waals surface area contributed by atoms with E-state index >= 15 is 0 Å². The molecule has 1 heterocycles. The van der Waals surface area contributed by atoms with Crippen LogP contribution in [0.3, 0.4) is 0 Å². The molecule has 1 aliphatic rings. The van der Waals surface area contributed by atoms with Crippen molar-refractivity contribution in [1.29, 1.82) is 0 Å². The Bertz CT molecular complexity index is 730. The molecule has 0 bridgehead atoms. The van der Waals surface area contributed by atoms with E-state index in [0.29, 0.717) is 32.8 Å². The molecule has 0 aromatic heterocycles. The smallest absolute Gasteiger partial charge is 0.337 e. The van der Waals surface area contributed by atoms with Gasteiger partial charge in [0.2, 0.25) is 0 Å². The van der Waals surface area contributed by atoms with Crippen LogP contribution in [0.25, 0.3) is 0 Å². The molecule has 0 aliphatic carbocycles. The van der Waals surface area contributed by atoms with Gasteiger partial charge in [-0.2, -0.15) is 0 Å². The van der Waals surface area contributed by atoms with Gasteiger partial charge in [-0.15, -0.1) is 0 Å². The number of carbonyl (C=O) groups is 2. The second-order valence-corrected chi connectivity index (χ2v) is 6.60. The number of halogens is 1. The van der Waals surface area contributed by atoms with Gasteiger partial charge >= 0.3 is 12.0 Å². The van der Waals surface area contributed by atoms with Crippen LogP contribution in [-0.4, -0.2) is 33.3 Å². The summed E-state index contributed by atoms with van der Waals surface area (Å²) in [6.07, 6.45) is 0. The van der Waals surface area contributed by atoms with Crippen LogP contribution in [-0.2, 0) is 9.53 Å². The number of ether oxygens (including phenoxy) is 3. The zero-order valence-electron chi connectivity index (χ0n) is 14.7. The number of nitrogens with one attached hydrogen (secondary N) is 2. The minimum Gasteiger partial charge on any atom is -0.493 e. The first-order valence-corrected chi connectivity index (χ1v) is 8.44. The van der Waals surface area contributed by atoms with Gasteiger partial charge in [-0.05, 0) is 39.5 Å². The highest BCUT2D eigenvalue weighted by Crippen LogP contribution is 2.40. The lowest BCUT2D eigenvalue weighted by atomic mass is 9.91. The average molecular weight is 413 g/mol. The van der Waals surface area contributed by atoms with Crippen molar-refractivity contribution < 1.29 is 23.8 Å². The fourth-order valence-electron chi connectivity index (χ4n) is 2.73. The summed E-state index contributed by atoms with van der Waals surface area (Å²) < 4.78 is 16.2. The number of rotatable bonds is 5. The molecule has 136 valence electrons. The van der Waals surface area contributed by atoms with Gasteiger partial charge in [-0.1, -0.05) is 13.8 Å². The van der Waals surface area contributed by atoms with E-state index in [-0.39, 0.29) is 11.9 Å². The van der Waals surface area contributed by atoms with E-state index in [4.69, 9.17) is 14.2 Å². The largest absolute Gasteiger partial charge is 0.493 e. The summed E-state index contributed by atoms with van der Waals surface area (Å²) in [6.45, 7) is 3.79.